The van der Waals surface area contributed by atoms with Crippen molar-refractivity contribution in [3.05, 3.63) is 11.9 Å². The molecule has 0 radical (unpaired) electrons. The zero-order chi connectivity index (χ0) is 14.3. The summed E-state index contributed by atoms with van der Waals surface area (Å²) in [6.07, 6.45) is 4.95. The number of rotatable bonds is 8. The van der Waals surface area contributed by atoms with Crippen molar-refractivity contribution in [3.8, 4) is 0 Å². The first kappa shape index (κ1) is 16.0. The van der Waals surface area contributed by atoms with Crippen LogP contribution in [-0.2, 0) is 18.4 Å². The van der Waals surface area contributed by atoms with Gasteiger partial charge in [-0.05, 0) is 13.3 Å². The lowest BCUT2D eigenvalue weighted by atomic mass is 10.2. The number of nitrogens with zero attached hydrogens (tertiary/aromatic N) is 2. The third kappa shape index (κ3) is 4.87. The molecule has 1 aromatic heterocycles. The van der Waals surface area contributed by atoms with E-state index in [2.05, 4.69) is 17.2 Å². The Morgan fingerprint density at radius 2 is 2.32 bits per heavy atom. The molecule has 0 aliphatic rings. The second-order valence-electron chi connectivity index (χ2n) is 4.51. The molecule has 1 atom stereocenters. The van der Waals surface area contributed by atoms with E-state index in [1.165, 1.54) is 11.8 Å². The largest absolute Gasteiger partial charge is 0.390 e. The van der Waals surface area contributed by atoms with Gasteiger partial charge >= 0.3 is 0 Å². The van der Waals surface area contributed by atoms with Gasteiger partial charge < -0.3 is 15.0 Å². The molecule has 6 heteroatoms. The Labute approximate surface area is 118 Å². The summed E-state index contributed by atoms with van der Waals surface area (Å²) in [7, 11) is 1.84. The molecule has 1 heterocycles. The number of aromatic nitrogens is 2. The number of aliphatic hydroxyl groups excluding tert-OH is 1. The van der Waals surface area contributed by atoms with E-state index in [1.54, 1.807) is 6.20 Å². The predicted octanol–water partition coefficient (Wildman–Crippen LogP) is 1.70. The predicted molar refractivity (Wildman–Crippen MR) is 77.0 cm³/mol. The van der Waals surface area contributed by atoms with E-state index in [4.69, 9.17) is 5.11 Å². The molecule has 0 fully saturated rings. The van der Waals surface area contributed by atoms with Gasteiger partial charge in [0.25, 0.3) is 0 Å². The van der Waals surface area contributed by atoms with Crippen molar-refractivity contribution in [2.75, 3.05) is 6.54 Å². The van der Waals surface area contributed by atoms with Crippen LogP contribution in [0.2, 0.25) is 0 Å². The summed E-state index contributed by atoms with van der Waals surface area (Å²) in [6, 6.07) is 0. The van der Waals surface area contributed by atoms with E-state index in [-0.39, 0.29) is 17.8 Å². The maximum absolute atomic E-state index is 11.9. The minimum absolute atomic E-state index is 0.0367. The van der Waals surface area contributed by atoms with Crippen molar-refractivity contribution in [3.63, 3.8) is 0 Å². The Hall–Kier alpha value is -1.01. The molecule has 0 aliphatic heterocycles. The number of aliphatic hydroxyl groups is 1. The lowest BCUT2D eigenvalue weighted by Crippen LogP contribution is -2.31. The van der Waals surface area contributed by atoms with E-state index in [0.717, 1.165) is 36.7 Å². The number of amides is 1. The van der Waals surface area contributed by atoms with Gasteiger partial charge in [0.2, 0.25) is 5.91 Å². The van der Waals surface area contributed by atoms with E-state index >= 15 is 0 Å². The number of carbonyl (C=O) groups is 1. The standard InChI is InChI=1S/C13H23N3O2S/c1-4-5-6-7-14-12(18)10(2)19-13-15-8-11(9-17)16(13)3/h8,10,17H,4-7,9H2,1-3H3,(H,14,18). The molecule has 108 valence electrons. The van der Waals surface area contributed by atoms with Gasteiger partial charge in [0, 0.05) is 13.6 Å². The fraction of sp³-hybridized carbons (Fsp3) is 0.692. The Kier molecular flexibility index (Phi) is 6.94. The third-order valence-corrected chi connectivity index (χ3v) is 4.09. The average Bonchev–Trinajstić information content (AvgIpc) is 2.75. The quantitative estimate of drug-likeness (QED) is 0.563. The first-order valence-corrected chi connectivity index (χ1v) is 7.53. The lowest BCUT2D eigenvalue weighted by Gasteiger charge is -2.12. The first-order valence-electron chi connectivity index (χ1n) is 6.66. The first-order chi connectivity index (χ1) is 9.10. The number of hydrogen-bond acceptors (Lipinski definition) is 4. The van der Waals surface area contributed by atoms with Crippen molar-refractivity contribution < 1.29 is 9.90 Å². The van der Waals surface area contributed by atoms with E-state index in [9.17, 15) is 4.79 Å². The van der Waals surface area contributed by atoms with Crippen molar-refractivity contribution in [1.29, 1.82) is 0 Å². The molecule has 0 saturated heterocycles. The van der Waals surface area contributed by atoms with Gasteiger partial charge in [-0.15, -0.1) is 0 Å². The molecule has 19 heavy (non-hydrogen) atoms. The topological polar surface area (TPSA) is 67.2 Å². The number of hydrogen-bond donors (Lipinski definition) is 2. The second kappa shape index (κ2) is 8.22. The molecule has 0 saturated carbocycles. The van der Waals surface area contributed by atoms with Crippen molar-refractivity contribution in [2.45, 2.75) is 50.1 Å². The molecule has 0 aliphatic carbocycles. The molecular weight excluding hydrogens is 262 g/mol. The molecule has 2 N–H and O–H groups in total. The highest BCUT2D eigenvalue weighted by Gasteiger charge is 2.17. The summed E-state index contributed by atoms with van der Waals surface area (Å²) in [5.41, 5.74) is 0.748. The average molecular weight is 285 g/mol. The minimum Gasteiger partial charge on any atom is -0.390 e. The number of unbranched alkanes of at least 4 members (excludes halogenated alkanes) is 2. The minimum atomic E-state index is -0.186. The maximum Gasteiger partial charge on any atom is 0.233 e. The Morgan fingerprint density at radius 1 is 1.58 bits per heavy atom. The Bertz CT molecular complexity index is 407. The Balaban J connectivity index is 2.42. The van der Waals surface area contributed by atoms with Crippen LogP contribution in [0.25, 0.3) is 0 Å². The molecule has 0 spiro atoms. The number of nitrogens with one attached hydrogen (secondary N) is 1. The van der Waals surface area contributed by atoms with Crippen LogP contribution >= 0.6 is 11.8 Å². The van der Waals surface area contributed by atoms with Crippen LogP contribution in [0.4, 0.5) is 0 Å². The van der Waals surface area contributed by atoms with Gasteiger partial charge in [-0.1, -0.05) is 31.5 Å². The molecule has 1 amide bonds. The summed E-state index contributed by atoms with van der Waals surface area (Å²) in [5.74, 6) is 0.0367. The van der Waals surface area contributed by atoms with Gasteiger partial charge in [-0.25, -0.2) is 4.98 Å². The SMILES string of the molecule is CCCCCNC(=O)C(C)Sc1ncc(CO)n1C. The Morgan fingerprint density at radius 3 is 2.89 bits per heavy atom. The molecule has 0 aromatic carbocycles. The molecular formula is C13H23N3O2S. The van der Waals surface area contributed by atoms with Crippen LogP contribution in [0.1, 0.15) is 38.8 Å². The normalized spacial score (nSPS) is 12.4. The van der Waals surface area contributed by atoms with Gasteiger partial charge in [0.15, 0.2) is 5.16 Å². The fourth-order valence-electron chi connectivity index (χ4n) is 1.62. The number of imidazole rings is 1. The summed E-state index contributed by atoms with van der Waals surface area (Å²) < 4.78 is 1.81. The number of thioether (sulfide) groups is 1. The molecule has 0 bridgehead atoms. The summed E-state index contributed by atoms with van der Waals surface area (Å²) in [4.78, 5) is 16.1. The van der Waals surface area contributed by atoms with Gasteiger partial charge in [0.05, 0.1) is 23.7 Å². The molecule has 1 rings (SSSR count). The van der Waals surface area contributed by atoms with Crippen molar-refractivity contribution in [1.82, 2.24) is 14.9 Å². The monoisotopic (exact) mass is 285 g/mol. The summed E-state index contributed by atoms with van der Waals surface area (Å²) in [6.45, 7) is 4.70. The van der Waals surface area contributed by atoms with E-state index in [1.807, 2.05) is 18.5 Å². The van der Waals surface area contributed by atoms with Crippen LogP contribution in [0.3, 0.4) is 0 Å². The lowest BCUT2D eigenvalue weighted by molar-refractivity contribution is -0.120. The van der Waals surface area contributed by atoms with Gasteiger partial charge in [0.1, 0.15) is 0 Å². The zero-order valence-corrected chi connectivity index (χ0v) is 12.7. The maximum atomic E-state index is 11.9. The van der Waals surface area contributed by atoms with Gasteiger partial charge in [-0.3, -0.25) is 4.79 Å². The van der Waals surface area contributed by atoms with Crippen LogP contribution in [0.5, 0.6) is 0 Å². The van der Waals surface area contributed by atoms with Crippen LogP contribution in [0, 0.1) is 0 Å². The van der Waals surface area contributed by atoms with Crippen molar-refractivity contribution >= 4 is 17.7 Å². The highest BCUT2D eigenvalue weighted by molar-refractivity contribution is 8.00. The van der Waals surface area contributed by atoms with E-state index in [0.29, 0.717) is 0 Å². The fourth-order valence-corrected chi connectivity index (χ4v) is 2.52. The summed E-state index contributed by atoms with van der Waals surface area (Å²) >= 11 is 1.41. The van der Waals surface area contributed by atoms with Crippen LogP contribution in [0.15, 0.2) is 11.4 Å². The molecule has 5 nitrogen and oxygen atoms in total. The van der Waals surface area contributed by atoms with Crippen LogP contribution < -0.4 is 5.32 Å². The summed E-state index contributed by atoms with van der Waals surface area (Å²) in [5, 5.41) is 12.6. The highest BCUT2D eigenvalue weighted by atomic mass is 32.2. The van der Waals surface area contributed by atoms with Crippen LogP contribution in [-0.4, -0.2) is 32.4 Å². The van der Waals surface area contributed by atoms with E-state index < -0.39 is 0 Å². The second-order valence-corrected chi connectivity index (χ2v) is 5.82. The third-order valence-electron chi connectivity index (χ3n) is 2.93. The number of carbonyl (C=O) groups excluding carboxylic acids is 1. The molecule has 1 aromatic rings. The van der Waals surface area contributed by atoms with Gasteiger partial charge in [-0.2, -0.15) is 0 Å². The molecule has 1 unspecified atom stereocenters. The smallest absolute Gasteiger partial charge is 0.233 e. The van der Waals surface area contributed by atoms with Crippen molar-refractivity contribution in [2.24, 2.45) is 7.05 Å². The highest BCUT2D eigenvalue weighted by Crippen LogP contribution is 2.22. The zero-order valence-electron chi connectivity index (χ0n) is 11.8.